The average Bonchev–Trinajstić information content (AvgIpc) is 2.73. The van der Waals surface area contributed by atoms with Crippen molar-refractivity contribution in [3.05, 3.63) is 117 Å². The molecule has 0 atom stereocenters. The number of aryl methyl sites for hydroxylation is 1. The number of fused-ring (bicyclic) bond motifs is 1. The molecule has 0 radical (unpaired) electrons. The molecule has 0 fully saturated rings. The third kappa shape index (κ3) is 4.44. The van der Waals surface area contributed by atoms with Crippen LogP contribution >= 0.6 is 0 Å². The number of benzene rings is 3. The summed E-state index contributed by atoms with van der Waals surface area (Å²) in [5.41, 5.74) is 4.42. The van der Waals surface area contributed by atoms with Gasteiger partial charge >= 0.3 is 0 Å². The largest absolute Gasteiger partial charge is 0.358 e. The molecule has 1 heterocycles. The lowest BCUT2D eigenvalue weighted by molar-refractivity contribution is 0.246. The van der Waals surface area contributed by atoms with Crippen molar-refractivity contribution in [3.63, 3.8) is 0 Å². The van der Waals surface area contributed by atoms with Crippen LogP contribution in [0.2, 0.25) is 0 Å². The van der Waals surface area contributed by atoms with Crippen LogP contribution in [-0.2, 0) is 19.6 Å². The summed E-state index contributed by atoms with van der Waals surface area (Å²) in [6, 6.07) is 24.7. The van der Waals surface area contributed by atoms with Gasteiger partial charge in [0.05, 0.1) is 0 Å². The lowest BCUT2D eigenvalue weighted by Crippen LogP contribution is -2.27. The van der Waals surface area contributed by atoms with Gasteiger partial charge in [-0.1, -0.05) is 60.7 Å². The van der Waals surface area contributed by atoms with E-state index in [-0.39, 0.29) is 5.43 Å². The van der Waals surface area contributed by atoms with E-state index in [9.17, 15) is 9.18 Å². The molecule has 0 saturated carbocycles. The van der Waals surface area contributed by atoms with Gasteiger partial charge in [-0.05, 0) is 36.2 Å². The Morgan fingerprint density at radius 1 is 0.828 bits per heavy atom. The zero-order valence-electron chi connectivity index (χ0n) is 16.4. The molecule has 3 nitrogen and oxygen atoms in total. The molecule has 0 unspecified atom stereocenters. The molecule has 0 amide bonds. The Balaban J connectivity index is 1.70. The topological polar surface area (TPSA) is 36.1 Å². The van der Waals surface area contributed by atoms with Crippen LogP contribution in [0.25, 0.3) is 10.9 Å². The average molecular weight is 386 g/mol. The van der Waals surface area contributed by atoms with Crippen LogP contribution < -0.4 is 5.43 Å². The molecule has 3 aromatic carbocycles. The number of halogens is 1. The number of hydrogen-bond acceptors (Lipinski definition) is 2. The SMILES string of the molecule is Cc1[nH]c2ccc(F)cc2c(=O)c1CN(Cc1ccccc1)Cc1ccccc1. The lowest BCUT2D eigenvalue weighted by atomic mass is 10.1. The van der Waals surface area contributed by atoms with Gasteiger partial charge in [-0.25, -0.2) is 4.39 Å². The van der Waals surface area contributed by atoms with Gasteiger partial charge in [0.25, 0.3) is 0 Å². The standard InChI is InChI=1S/C25H23FN2O/c1-18-23(25(29)22-14-21(26)12-13-24(22)27-18)17-28(15-19-8-4-2-5-9-19)16-20-10-6-3-7-11-20/h2-14H,15-17H2,1H3,(H,27,29). The molecule has 0 aliphatic carbocycles. The second-order valence-corrected chi connectivity index (χ2v) is 7.36. The Morgan fingerprint density at radius 2 is 1.41 bits per heavy atom. The maximum atomic E-state index is 13.7. The van der Waals surface area contributed by atoms with Gasteiger partial charge in [0.1, 0.15) is 5.82 Å². The monoisotopic (exact) mass is 386 g/mol. The minimum Gasteiger partial charge on any atom is -0.358 e. The summed E-state index contributed by atoms with van der Waals surface area (Å²) >= 11 is 0. The Morgan fingerprint density at radius 3 is 2.00 bits per heavy atom. The molecule has 0 aliphatic heterocycles. The molecule has 4 rings (SSSR count). The highest BCUT2D eigenvalue weighted by Gasteiger charge is 2.15. The van der Waals surface area contributed by atoms with Crippen LogP contribution in [0.1, 0.15) is 22.4 Å². The van der Waals surface area contributed by atoms with Crippen LogP contribution in [0.15, 0.2) is 83.7 Å². The minimum atomic E-state index is -0.400. The number of hydrogen-bond donors (Lipinski definition) is 1. The van der Waals surface area contributed by atoms with E-state index in [1.54, 1.807) is 6.07 Å². The fraction of sp³-hybridized carbons (Fsp3) is 0.160. The van der Waals surface area contributed by atoms with Crippen molar-refractivity contribution in [2.75, 3.05) is 0 Å². The highest BCUT2D eigenvalue weighted by atomic mass is 19.1. The number of nitrogens with one attached hydrogen (secondary N) is 1. The molecule has 0 spiro atoms. The molecule has 4 aromatic rings. The van der Waals surface area contributed by atoms with Crippen molar-refractivity contribution in [2.45, 2.75) is 26.6 Å². The minimum absolute atomic E-state index is 0.109. The van der Waals surface area contributed by atoms with E-state index < -0.39 is 5.82 Å². The van der Waals surface area contributed by atoms with Gasteiger partial charge < -0.3 is 4.98 Å². The molecule has 4 heteroatoms. The number of nitrogens with zero attached hydrogens (tertiary/aromatic N) is 1. The van der Waals surface area contributed by atoms with Crippen LogP contribution in [0.4, 0.5) is 4.39 Å². The molecule has 1 aromatic heterocycles. The van der Waals surface area contributed by atoms with Crippen molar-refractivity contribution in [3.8, 4) is 0 Å². The van der Waals surface area contributed by atoms with Gasteiger partial charge in [-0.2, -0.15) is 0 Å². The number of aromatic amines is 1. The molecule has 29 heavy (non-hydrogen) atoms. The van der Waals surface area contributed by atoms with Gasteiger partial charge in [0.15, 0.2) is 5.43 Å². The predicted octanol–water partition coefficient (Wildman–Crippen LogP) is 5.18. The molecule has 0 saturated heterocycles. The van der Waals surface area contributed by atoms with Gasteiger partial charge in [0.2, 0.25) is 0 Å². The number of aromatic nitrogens is 1. The molecule has 1 N–H and O–H groups in total. The summed E-state index contributed by atoms with van der Waals surface area (Å²) in [6.45, 7) is 3.83. The Labute approximate surface area is 169 Å². The summed E-state index contributed by atoms with van der Waals surface area (Å²) in [7, 11) is 0. The summed E-state index contributed by atoms with van der Waals surface area (Å²) in [6.07, 6.45) is 0. The Hall–Kier alpha value is -3.24. The quantitative estimate of drug-likeness (QED) is 0.496. The van der Waals surface area contributed by atoms with Crippen LogP contribution in [-0.4, -0.2) is 9.88 Å². The van der Waals surface area contributed by atoms with Crippen LogP contribution in [0.5, 0.6) is 0 Å². The summed E-state index contributed by atoms with van der Waals surface area (Å²) in [5.74, 6) is -0.400. The maximum Gasteiger partial charge on any atom is 0.194 e. The first-order chi connectivity index (χ1) is 14.1. The normalized spacial score (nSPS) is 11.3. The van der Waals surface area contributed by atoms with E-state index >= 15 is 0 Å². The van der Waals surface area contributed by atoms with E-state index in [1.165, 1.54) is 23.3 Å². The zero-order chi connectivity index (χ0) is 20.2. The predicted molar refractivity (Wildman–Crippen MR) is 115 cm³/mol. The first-order valence-electron chi connectivity index (χ1n) is 9.71. The molecular weight excluding hydrogens is 363 g/mol. The van der Waals surface area contributed by atoms with Gasteiger partial charge in [-0.3, -0.25) is 9.69 Å². The highest BCUT2D eigenvalue weighted by molar-refractivity contribution is 5.79. The maximum absolute atomic E-state index is 13.7. The van der Waals surface area contributed by atoms with Crippen molar-refractivity contribution in [1.29, 1.82) is 0 Å². The smallest absolute Gasteiger partial charge is 0.194 e. The van der Waals surface area contributed by atoms with Gasteiger partial charge in [-0.15, -0.1) is 0 Å². The molecular formula is C25H23FN2O. The first kappa shape index (κ1) is 19.1. The Kier molecular flexibility index (Phi) is 5.54. The van der Waals surface area contributed by atoms with E-state index in [2.05, 4.69) is 34.1 Å². The number of H-pyrrole nitrogens is 1. The summed E-state index contributed by atoms with van der Waals surface area (Å²) in [4.78, 5) is 18.6. The fourth-order valence-electron chi connectivity index (χ4n) is 3.69. The third-order valence-corrected chi connectivity index (χ3v) is 5.15. The zero-order valence-corrected chi connectivity index (χ0v) is 16.4. The van der Waals surface area contributed by atoms with Crippen molar-refractivity contribution in [2.24, 2.45) is 0 Å². The second-order valence-electron chi connectivity index (χ2n) is 7.36. The first-order valence-corrected chi connectivity index (χ1v) is 9.71. The van der Waals surface area contributed by atoms with Gasteiger partial charge in [0, 0.05) is 41.8 Å². The number of pyridine rings is 1. The Bertz CT molecular complexity index is 1130. The van der Waals surface area contributed by atoms with Crippen molar-refractivity contribution < 1.29 is 4.39 Å². The number of rotatable bonds is 6. The molecule has 0 aliphatic rings. The second kappa shape index (κ2) is 8.41. The van der Waals surface area contributed by atoms with E-state index in [1.807, 2.05) is 43.3 Å². The molecule has 0 bridgehead atoms. The van der Waals surface area contributed by atoms with E-state index in [4.69, 9.17) is 0 Å². The summed E-state index contributed by atoms with van der Waals surface area (Å²) in [5, 5.41) is 0.393. The highest BCUT2D eigenvalue weighted by Crippen LogP contribution is 2.17. The summed E-state index contributed by atoms with van der Waals surface area (Å²) < 4.78 is 13.7. The van der Waals surface area contributed by atoms with E-state index in [0.29, 0.717) is 23.0 Å². The van der Waals surface area contributed by atoms with Crippen molar-refractivity contribution in [1.82, 2.24) is 9.88 Å². The third-order valence-electron chi connectivity index (χ3n) is 5.15. The fourth-order valence-corrected chi connectivity index (χ4v) is 3.69. The van der Waals surface area contributed by atoms with Crippen LogP contribution in [0, 0.1) is 12.7 Å². The van der Waals surface area contributed by atoms with Crippen LogP contribution in [0.3, 0.4) is 0 Å². The van der Waals surface area contributed by atoms with E-state index in [0.717, 1.165) is 18.8 Å². The van der Waals surface area contributed by atoms with Crippen molar-refractivity contribution >= 4 is 10.9 Å². The molecule has 146 valence electrons. The lowest BCUT2D eigenvalue weighted by Gasteiger charge is -2.23.